The summed E-state index contributed by atoms with van der Waals surface area (Å²) in [5, 5.41) is 3.30. The fourth-order valence-corrected chi connectivity index (χ4v) is 5.54. The molecule has 0 unspecified atom stereocenters. The van der Waals surface area contributed by atoms with E-state index in [0.717, 1.165) is 56.3 Å². The van der Waals surface area contributed by atoms with Crippen LogP contribution in [0.25, 0.3) is 0 Å². The highest BCUT2D eigenvalue weighted by molar-refractivity contribution is 7.16. The topological polar surface area (TPSA) is 38.0 Å². The second-order valence-electron chi connectivity index (χ2n) is 7.77. The first kappa shape index (κ1) is 18.9. The third kappa shape index (κ3) is 4.91. The van der Waals surface area contributed by atoms with E-state index < -0.39 is 0 Å². The number of quaternary nitrogens is 2. The Morgan fingerprint density at radius 1 is 1.11 bits per heavy atom. The predicted molar refractivity (Wildman–Crippen MR) is 110 cm³/mol. The fourth-order valence-electron chi connectivity index (χ4n) is 4.38. The molecule has 1 atom stereocenters. The van der Waals surface area contributed by atoms with Crippen molar-refractivity contribution in [2.45, 2.75) is 31.8 Å². The molecule has 4 rings (SSSR count). The number of hydrogen-bond acceptors (Lipinski definition) is 2. The van der Waals surface area contributed by atoms with Crippen LogP contribution in [0.1, 0.15) is 34.9 Å². The van der Waals surface area contributed by atoms with E-state index in [2.05, 4.69) is 35.6 Å². The standard InChI is InChI=1S/C21H26ClN3OS/c22-20-9-8-17(27-20)14-24-10-12-25(13-11-24)15-21(26)23-19-7-3-5-16-4-1-2-6-18(16)19/h1-2,4,6,8-9,19H,3,5,7,10-15H2,(H,23,26)/p+2/t19-/m1/s1. The van der Waals surface area contributed by atoms with Crippen molar-refractivity contribution in [3.63, 3.8) is 0 Å². The van der Waals surface area contributed by atoms with Crippen LogP contribution >= 0.6 is 22.9 Å². The largest absolute Gasteiger partial charge is 0.344 e. The normalized spacial score (nSPS) is 25.0. The zero-order valence-electron chi connectivity index (χ0n) is 15.6. The summed E-state index contributed by atoms with van der Waals surface area (Å²) >= 11 is 7.71. The molecule has 2 aliphatic rings. The minimum atomic E-state index is 0.192. The number of rotatable bonds is 5. The van der Waals surface area contributed by atoms with Crippen LogP contribution in [0.3, 0.4) is 0 Å². The molecule has 6 heteroatoms. The van der Waals surface area contributed by atoms with Crippen LogP contribution in [0.2, 0.25) is 4.34 Å². The Morgan fingerprint density at radius 3 is 2.67 bits per heavy atom. The summed E-state index contributed by atoms with van der Waals surface area (Å²) in [7, 11) is 0. The molecule has 1 aliphatic carbocycles. The molecule has 2 heterocycles. The van der Waals surface area contributed by atoms with E-state index in [1.54, 1.807) is 16.2 Å². The first-order valence-electron chi connectivity index (χ1n) is 9.96. The van der Waals surface area contributed by atoms with Crippen molar-refractivity contribution in [1.29, 1.82) is 0 Å². The molecule has 1 aromatic carbocycles. The zero-order chi connectivity index (χ0) is 18.6. The van der Waals surface area contributed by atoms with Crippen molar-refractivity contribution in [1.82, 2.24) is 5.32 Å². The Morgan fingerprint density at radius 2 is 1.89 bits per heavy atom. The molecule has 1 saturated heterocycles. The SMILES string of the molecule is O=C(C[NH+]1CC[NH+](Cc2ccc(Cl)s2)CC1)N[C@@H]1CCCc2ccccc21. The number of amides is 1. The maximum absolute atomic E-state index is 12.6. The summed E-state index contributed by atoms with van der Waals surface area (Å²) in [5.74, 6) is 0.195. The number of thiophene rings is 1. The Kier molecular flexibility index (Phi) is 6.13. The van der Waals surface area contributed by atoms with Crippen LogP contribution in [0, 0.1) is 0 Å². The highest BCUT2D eigenvalue weighted by Gasteiger charge is 2.27. The summed E-state index contributed by atoms with van der Waals surface area (Å²) in [4.78, 5) is 17.0. The molecule has 1 fully saturated rings. The Hall–Kier alpha value is -1.40. The molecule has 144 valence electrons. The van der Waals surface area contributed by atoms with Crippen molar-refractivity contribution in [3.05, 3.63) is 56.7 Å². The van der Waals surface area contributed by atoms with Crippen molar-refractivity contribution >= 4 is 28.8 Å². The van der Waals surface area contributed by atoms with E-state index in [4.69, 9.17) is 11.6 Å². The molecular formula is C21H28ClN3OS+2. The predicted octanol–water partition coefficient (Wildman–Crippen LogP) is 0.879. The summed E-state index contributed by atoms with van der Waals surface area (Å²) in [6.45, 7) is 5.99. The first-order valence-corrected chi connectivity index (χ1v) is 11.2. The summed E-state index contributed by atoms with van der Waals surface area (Å²) in [6.07, 6.45) is 3.34. The van der Waals surface area contributed by atoms with Gasteiger partial charge in [0.2, 0.25) is 0 Å². The van der Waals surface area contributed by atoms with E-state index in [1.165, 1.54) is 20.9 Å². The number of fused-ring (bicyclic) bond motifs is 1. The van der Waals surface area contributed by atoms with E-state index in [9.17, 15) is 4.79 Å². The maximum Gasteiger partial charge on any atom is 0.275 e. The van der Waals surface area contributed by atoms with Gasteiger partial charge in [-0.1, -0.05) is 35.9 Å². The molecule has 2 aromatic rings. The minimum absolute atomic E-state index is 0.192. The summed E-state index contributed by atoms with van der Waals surface area (Å²) in [6, 6.07) is 12.9. The quantitative estimate of drug-likeness (QED) is 0.678. The highest BCUT2D eigenvalue weighted by Crippen LogP contribution is 2.29. The third-order valence-corrected chi connectivity index (χ3v) is 7.06. The molecule has 27 heavy (non-hydrogen) atoms. The average Bonchev–Trinajstić information content (AvgIpc) is 3.08. The van der Waals surface area contributed by atoms with Gasteiger partial charge >= 0.3 is 0 Å². The maximum atomic E-state index is 12.6. The average molecular weight is 406 g/mol. The minimum Gasteiger partial charge on any atom is -0.344 e. The lowest BCUT2D eigenvalue weighted by atomic mass is 9.88. The highest BCUT2D eigenvalue weighted by atomic mass is 35.5. The summed E-state index contributed by atoms with van der Waals surface area (Å²) in [5.41, 5.74) is 2.71. The lowest BCUT2D eigenvalue weighted by molar-refractivity contribution is -1.01. The van der Waals surface area contributed by atoms with Gasteiger partial charge in [-0.2, -0.15) is 0 Å². The van der Waals surface area contributed by atoms with Gasteiger partial charge in [-0.05, 0) is 42.5 Å². The Balaban J connectivity index is 1.24. The number of hydrogen-bond donors (Lipinski definition) is 3. The van der Waals surface area contributed by atoms with Crippen molar-refractivity contribution in [3.8, 4) is 0 Å². The van der Waals surface area contributed by atoms with Crippen LogP contribution in [0.4, 0.5) is 0 Å². The first-order chi connectivity index (χ1) is 13.2. The van der Waals surface area contributed by atoms with Crippen LogP contribution in [0.5, 0.6) is 0 Å². The number of nitrogens with one attached hydrogen (secondary N) is 3. The number of carbonyl (C=O) groups excluding carboxylic acids is 1. The second kappa shape index (κ2) is 8.74. The second-order valence-corrected chi connectivity index (χ2v) is 9.57. The number of aryl methyl sites for hydroxylation is 1. The van der Waals surface area contributed by atoms with Gasteiger partial charge in [0.1, 0.15) is 32.7 Å². The molecular weight excluding hydrogens is 378 g/mol. The molecule has 0 bridgehead atoms. The van der Waals surface area contributed by atoms with E-state index >= 15 is 0 Å². The van der Waals surface area contributed by atoms with Crippen LogP contribution in [-0.4, -0.2) is 38.6 Å². The number of benzene rings is 1. The lowest BCUT2D eigenvalue weighted by Crippen LogP contribution is -3.28. The Labute approximate surface area is 170 Å². The van der Waals surface area contributed by atoms with E-state index in [0.29, 0.717) is 6.54 Å². The third-order valence-electron chi connectivity index (χ3n) is 5.83. The number of carbonyl (C=O) groups is 1. The van der Waals surface area contributed by atoms with Crippen molar-refractivity contribution in [2.75, 3.05) is 32.7 Å². The van der Waals surface area contributed by atoms with Gasteiger partial charge in [0.25, 0.3) is 5.91 Å². The van der Waals surface area contributed by atoms with Gasteiger partial charge in [0.15, 0.2) is 6.54 Å². The van der Waals surface area contributed by atoms with Crippen LogP contribution < -0.4 is 15.1 Å². The molecule has 4 nitrogen and oxygen atoms in total. The van der Waals surface area contributed by atoms with Gasteiger partial charge in [-0.25, -0.2) is 0 Å². The van der Waals surface area contributed by atoms with Gasteiger partial charge in [0, 0.05) is 0 Å². The Bertz CT molecular complexity index is 785. The molecule has 0 saturated carbocycles. The van der Waals surface area contributed by atoms with Crippen molar-refractivity contribution < 1.29 is 14.6 Å². The molecule has 1 amide bonds. The molecule has 0 spiro atoms. The molecule has 0 radical (unpaired) electrons. The smallest absolute Gasteiger partial charge is 0.275 e. The van der Waals surface area contributed by atoms with Gasteiger partial charge < -0.3 is 15.1 Å². The van der Waals surface area contributed by atoms with Crippen LogP contribution in [0.15, 0.2) is 36.4 Å². The number of piperazine rings is 1. The molecule has 3 N–H and O–H groups in total. The van der Waals surface area contributed by atoms with Gasteiger partial charge in [-0.3, -0.25) is 4.79 Å². The lowest BCUT2D eigenvalue weighted by Gasteiger charge is -2.30. The number of halogens is 1. The fraction of sp³-hybridized carbons (Fsp3) is 0.476. The van der Waals surface area contributed by atoms with Gasteiger partial charge in [-0.15, -0.1) is 11.3 Å². The summed E-state index contributed by atoms with van der Waals surface area (Å²) < 4.78 is 0.870. The van der Waals surface area contributed by atoms with Crippen LogP contribution in [-0.2, 0) is 17.8 Å². The monoisotopic (exact) mass is 405 g/mol. The van der Waals surface area contributed by atoms with Crippen molar-refractivity contribution in [2.24, 2.45) is 0 Å². The zero-order valence-corrected chi connectivity index (χ0v) is 17.2. The molecule has 1 aromatic heterocycles. The van der Waals surface area contributed by atoms with E-state index in [1.807, 2.05) is 6.07 Å². The van der Waals surface area contributed by atoms with E-state index in [-0.39, 0.29) is 11.9 Å². The molecule has 1 aliphatic heterocycles. The van der Waals surface area contributed by atoms with Gasteiger partial charge in [0.05, 0.1) is 15.3 Å².